The molecule has 2 N–H and O–H groups in total. The zero-order valence-electron chi connectivity index (χ0n) is 23.2. The molecule has 204 valence electrons. The maximum atomic E-state index is 13.2. The molecule has 0 aliphatic rings. The number of aromatic nitrogens is 2. The molecule has 0 aliphatic heterocycles. The third-order valence-corrected chi connectivity index (χ3v) is 6.06. The average molecular weight is 522 g/mol. The van der Waals surface area contributed by atoms with Gasteiger partial charge in [0.15, 0.2) is 0 Å². The highest BCUT2D eigenvalue weighted by molar-refractivity contribution is 5.96. The normalized spacial score (nSPS) is 11.1. The zero-order valence-corrected chi connectivity index (χ0v) is 23.2. The van der Waals surface area contributed by atoms with E-state index in [0.29, 0.717) is 23.8 Å². The van der Waals surface area contributed by atoms with Crippen molar-refractivity contribution in [1.82, 2.24) is 14.7 Å². The molecule has 0 fully saturated rings. The van der Waals surface area contributed by atoms with Gasteiger partial charge in [0.05, 0.1) is 25.6 Å². The molecule has 0 atom stereocenters. The second kappa shape index (κ2) is 13.0. The van der Waals surface area contributed by atoms with E-state index in [1.165, 1.54) is 4.90 Å². The molecule has 0 saturated heterocycles. The van der Waals surface area contributed by atoms with Crippen LogP contribution >= 0.6 is 0 Å². The standard InChI is InChI=1S/C29H39N5O4/c1-7-8-9-18-33(28(36)30-21-10-14-23(37-5)15-11-21)20-27(35)31-26-19-25(29(2,3)4)32-34(26)22-12-16-24(38-6)17-13-22/h10-17,19H,7-9,18,20H2,1-6H3,(H,30,36)(H,31,35). The molecule has 0 aliphatic carbocycles. The Morgan fingerprint density at radius 1 is 0.921 bits per heavy atom. The molecule has 0 saturated carbocycles. The fraction of sp³-hybridized carbons (Fsp3) is 0.414. The number of hydrogen-bond acceptors (Lipinski definition) is 5. The highest BCUT2D eigenvalue weighted by Crippen LogP contribution is 2.27. The molecule has 3 rings (SSSR count). The molecule has 9 heteroatoms. The molecule has 1 aromatic heterocycles. The number of rotatable bonds is 11. The van der Waals surface area contributed by atoms with Gasteiger partial charge in [0.2, 0.25) is 5.91 Å². The maximum Gasteiger partial charge on any atom is 0.322 e. The van der Waals surface area contributed by atoms with E-state index in [9.17, 15) is 9.59 Å². The van der Waals surface area contributed by atoms with E-state index in [1.54, 1.807) is 43.2 Å². The molecular weight excluding hydrogens is 482 g/mol. The molecule has 3 amide bonds. The van der Waals surface area contributed by atoms with Crippen molar-refractivity contribution in [3.05, 3.63) is 60.3 Å². The van der Waals surface area contributed by atoms with Crippen molar-refractivity contribution in [2.75, 3.05) is 37.9 Å². The number of ether oxygens (including phenoxy) is 2. The van der Waals surface area contributed by atoms with E-state index in [-0.39, 0.29) is 23.9 Å². The van der Waals surface area contributed by atoms with Crippen LogP contribution in [-0.4, -0.2) is 53.9 Å². The molecule has 0 spiro atoms. The van der Waals surface area contributed by atoms with Crippen molar-refractivity contribution in [3.8, 4) is 17.2 Å². The molecule has 3 aromatic rings. The predicted molar refractivity (Wildman–Crippen MR) is 151 cm³/mol. The van der Waals surface area contributed by atoms with Crippen LogP contribution in [0.1, 0.15) is 52.7 Å². The number of carbonyl (C=O) groups excluding carboxylic acids is 2. The summed E-state index contributed by atoms with van der Waals surface area (Å²) in [5, 5.41) is 10.6. The van der Waals surface area contributed by atoms with Gasteiger partial charge in [0, 0.05) is 23.7 Å². The number of anilines is 2. The van der Waals surface area contributed by atoms with Gasteiger partial charge in [-0.1, -0.05) is 40.5 Å². The molecular formula is C29H39N5O4. The summed E-state index contributed by atoms with van der Waals surface area (Å²) in [5.74, 6) is 1.66. The molecule has 0 radical (unpaired) electrons. The second-order valence-corrected chi connectivity index (χ2v) is 10.1. The summed E-state index contributed by atoms with van der Waals surface area (Å²) in [5.41, 5.74) is 2.03. The Kier molecular flexibility index (Phi) is 9.76. The van der Waals surface area contributed by atoms with E-state index in [4.69, 9.17) is 14.6 Å². The van der Waals surface area contributed by atoms with E-state index < -0.39 is 0 Å². The molecule has 0 bridgehead atoms. The Bertz CT molecular complexity index is 1200. The Balaban J connectivity index is 1.79. The summed E-state index contributed by atoms with van der Waals surface area (Å²) in [6.45, 7) is 8.68. The second-order valence-electron chi connectivity index (χ2n) is 10.1. The highest BCUT2D eigenvalue weighted by atomic mass is 16.5. The lowest BCUT2D eigenvalue weighted by atomic mass is 9.92. The Hall–Kier alpha value is -4.01. The van der Waals surface area contributed by atoms with Crippen LogP contribution < -0.4 is 20.1 Å². The average Bonchev–Trinajstić information content (AvgIpc) is 3.33. The summed E-state index contributed by atoms with van der Waals surface area (Å²) >= 11 is 0. The van der Waals surface area contributed by atoms with Crippen LogP contribution in [0.5, 0.6) is 11.5 Å². The summed E-state index contributed by atoms with van der Waals surface area (Å²) in [6.07, 6.45) is 2.78. The van der Waals surface area contributed by atoms with Crippen LogP contribution in [0, 0.1) is 0 Å². The number of unbranched alkanes of at least 4 members (excludes halogenated alkanes) is 2. The van der Waals surface area contributed by atoms with Gasteiger partial charge in [0.25, 0.3) is 0 Å². The lowest BCUT2D eigenvalue weighted by Gasteiger charge is -2.23. The lowest BCUT2D eigenvalue weighted by molar-refractivity contribution is -0.116. The van der Waals surface area contributed by atoms with Crippen molar-refractivity contribution in [2.24, 2.45) is 0 Å². The fourth-order valence-electron chi connectivity index (χ4n) is 3.79. The number of methoxy groups -OCH3 is 2. The van der Waals surface area contributed by atoms with E-state index in [1.807, 2.05) is 30.3 Å². The summed E-state index contributed by atoms with van der Waals surface area (Å²) in [7, 11) is 3.20. The van der Waals surface area contributed by atoms with Gasteiger partial charge in [-0.3, -0.25) is 4.79 Å². The molecule has 1 heterocycles. The van der Waals surface area contributed by atoms with Crippen LogP contribution in [0.25, 0.3) is 5.69 Å². The van der Waals surface area contributed by atoms with Crippen molar-refractivity contribution in [3.63, 3.8) is 0 Å². The van der Waals surface area contributed by atoms with Gasteiger partial charge in [-0.2, -0.15) is 5.10 Å². The summed E-state index contributed by atoms with van der Waals surface area (Å²) in [6, 6.07) is 16.1. The number of urea groups is 1. The van der Waals surface area contributed by atoms with Gasteiger partial charge in [-0.25, -0.2) is 9.48 Å². The first-order valence-electron chi connectivity index (χ1n) is 12.9. The maximum absolute atomic E-state index is 13.2. The monoisotopic (exact) mass is 521 g/mol. The minimum Gasteiger partial charge on any atom is -0.497 e. The van der Waals surface area contributed by atoms with Crippen LogP contribution in [0.2, 0.25) is 0 Å². The number of benzene rings is 2. The third-order valence-electron chi connectivity index (χ3n) is 6.06. The van der Waals surface area contributed by atoms with Crippen molar-refractivity contribution in [1.29, 1.82) is 0 Å². The summed E-state index contributed by atoms with van der Waals surface area (Å²) < 4.78 is 12.2. The summed E-state index contributed by atoms with van der Waals surface area (Å²) in [4.78, 5) is 27.9. The van der Waals surface area contributed by atoms with E-state index >= 15 is 0 Å². The minimum atomic E-state index is -0.333. The van der Waals surface area contributed by atoms with E-state index in [2.05, 4.69) is 38.3 Å². The Morgan fingerprint density at radius 3 is 2.08 bits per heavy atom. The Labute approximate surface area is 225 Å². The van der Waals surface area contributed by atoms with Crippen LogP contribution in [-0.2, 0) is 10.2 Å². The van der Waals surface area contributed by atoms with Crippen molar-refractivity contribution < 1.29 is 19.1 Å². The number of nitrogens with zero attached hydrogens (tertiary/aromatic N) is 3. The largest absolute Gasteiger partial charge is 0.497 e. The van der Waals surface area contributed by atoms with E-state index in [0.717, 1.165) is 36.4 Å². The molecule has 9 nitrogen and oxygen atoms in total. The van der Waals surface area contributed by atoms with Crippen LogP contribution in [0.15, 0.2) is 54.6 Å². The van der Waals surface area contributed by atoms with Gasteiger partial charge < -0.3 is 25.0 Å². The van der Waals surface area contributed by atoms with Crippen molar-refractivity contribution in [2.45, 2.75) is 52.4 Å². The van der Waals surface area contributed by atoms with Crippen LogP contribution in [0.4, 0.5) is 16.3 Å². The van der Waals surface area contributed by atoms with Crippen LogP contribution in [0.3, 0.4) is 0 Å². The number of nitrogens with one attached hydrogen (secondary N) is 2. The van der Waals surface area contributed by atoms with Gasteiger partial charge >= 0.3 is 6.03 Å². The number of carbonyl (C=O) groups is 2. The molecule has 2 aromatic carbocycles. The van der Waals surface area contributed by atoms with Crippen molar-refractivity contribution >= 4 is 23.4 Å². The SMILES string of the molecule is CCCCCN(CC(=O)Nc1cc(C(C)(C)C)nn1-c1ccc(OC)cc1)C(=O)Nc1ccc(OC)cc1. The lowest BCUT2D eigenvalue weighted by Crippen LogP contribution is -2.41. The first-order chi connectivity index (χ1) is 18.1. The highest BCUT2D eigenvalue weighted by Gasteiger charge is 2.23. The number of hydrogen-bond donors (Lipinski definition) is 2. The quantitative estimate of drug-likeness (QED) is 0.309. The topological polar surface area (TPSA) is 97.7 Å². The fourth-order valence-corrected chi connectivity index (χ4v) is 3.79. The van der Waals surface area contributed by atoms with Gasteiger partial charge in [0.1, 0.15) is 23.9 Å². The number of amides is 3. The molecule has 0 unspecified atom stereocenters. The first kappa shape index (κ1) is 28.6. The first-order valence-corrected chi connectivity index (χ1v) is 12.9. The minimum absolute atomic E-state index is 0.0929. The smallest absolute Gasteiger partial charge is 0.322 e. The third kappa shape index (κ3) is 7.74. The predicted octanol–water partition coefficient (Wildman–Crippen LogP) is 5.85. The zero-order chi connectivity index (χ0) is 27.7. The van der Waals surface area contributed by atoms with Gasteiger partial charge in [-0.05, 0) is 55.0 Å². The molecule has 38 heavy (non-hydrogen) atoms. The van der Waals surface area contributed by atoms with Gasteiger partial charge in [-0.15, -0.1) is 0 Å². The Morgan fingerprint density at radius 2 is 1.53 bits per heavy atom.